The van der Waals surface area contributed by atoms with Gasteiger partial charge in [0.15, 0.2) is 29.7 Å². The summed E-state index contributed by atoms with van der Waals surface area (Å²) in [6.45, 7) is 1.56. The molecule has 6 heteroatoms. The lowest BCUT2D eigenvalue weighted by atomic mass is 10.0. The number of likely N-dealkylation sites (tertiary alicyclic amines) is 1. The number of rotatable bonds is 4. The van der Waals surface area contributed by atoms with Crippen LogP contribution in [0.5, 0.6) is 17.2 Å². The fraction of sp³-hybridized carbons (Fsp3) is 0.350. The zero-order valence-electron chi connectivity index (χ0n) is 14.3. The van der Waals surface area contributed by atoms with Crippen LogP contribution in [0.4, 0.5) is 4.39 Å². The number of ether oxygens (including phenoxy) is 3. The Bertz CT molecular complexity index is 810. The molecule has 2 aromatic rings. The molecule has 0 aliphatic carbocycles. The summed E-state index contributed by atoms with van der Waals surface area (Å²) >= 11 is 0. The first-order chi connectivity index (χ1) is 12.7. The molecule has 26 heavy (non-hydrogen) atoms. The van der Waals surface area contributed by atoms with Crippen LogP contribution < -0.4 is 14.2 Å². The first kappa shape index (κ1) is 16.7. The van der Waals surface area contributed by atoms with E-state index in [1.165, 1.54) is 12.1 Å². The molecule has 1 atom stereocenters. The van der Waals surface area contributed by atoms with Crippen molar-refractivity contribution in [1.82, 2.24) is 4.90 Å². The van der Waals surface area contributed by atoms with E-state index >= 15 is 0 Å². The van der Waals surface area contributed by atoms with Gasteiger partial charge in [-0.25, -0.2) is 4.39 Å². The van der Waals surface area contributed by atoms with E-state index in [1.807, 2.05) is 18.2 Å². The van der Waals surface area contributed by atoms with Crippen LogP contribution in [0.2, 0.25) is 0 Å². The number of hydrogen-bond acceptors (Lipinski definition) is 4. The highest BCUT2D eigenvalue weighted by Crippen LogP contribution is 2.38. The van der Waals surface area contributed by atoms with Gasteiger partial charge in [0, 0.05) is 6.54 Å². The van der Waals surface area contributed by atoms with Crippen LogP contribution in [-0.2, 0) is 4.79 Å². The van der Waals surface area contributed by atoms with Crippen LogP contribution in [0, 0.1) is 5.82 Å². The molecule has 2 aliphatic rings. The van der Waals surface area contributed by atoms with Crippen LogP contribution in [0.15, 0.2) is 42.5 Å². The molecule has 2 aliphatic heterocycles. The lowest BCUT2D eigenvalue weighted by Gasteiger charge is -2.26. The zero-order chi connectivity index (χ0) is 17.9. The molecule has 0 radical (unpaired) electrons. The summed E-state index contributed by atoms with van der Waals surface area (Å²) in [5.41, 5.74) is 1.02. The molecule has 1 amide bonds. The van der Waals surface area contributed by atoms with Crippen LogP contribution >= 0.6 is 0 Å². The van der Waals surface area contributed by atoms with Crippen molar-refractivity contribution in [2.24, 2.45) is 0 Å². The third-order valence-electron chi connectivity index (χ3n) is 4.71. The Morgan fingerprint density at radius 3 is 2.81 bits per heavy atom. The first-order valence-electron chi connectivity index (χ1n) is 8.79. The largest absolute Gasteiger partial charge is 0.486 e. The minimum atomic E-state index is -0.467. The van der Waals surface area contributed by atoms with Crippen LogP contribution in [0.25, 0.3) is 0 Å². The first-order valence-corrected chi connectivity index (χ1v) is 8.79. The molecular formula is C20H20FNO4. The molecule has 0 spiro atoms. The highest BCUT2D eigenvalue weighted by atomic mass is 19.1. The van der Waals surface area contributed by atoms with E-state index in [4.69, 9.17) is 14.2 Å². The van der Waals surface area contributed by atoms with Gasteiger partial charge in [0.25, 0.3) is 5.91 Å². The maximum absolute atomic E-state index is 13.6. The molecule has 5 nitrogen and oxygen atoms in total. The van der Waals surface area contributed by atoms with E-state index < -0.39 is 5.82 Å². The molecule has 0 N–H and O–H groups in total. The molecule has 2 aromatic carbocycles. The molecule has 1 fully saturated rings. The van der Waals surface area contributed by atoms with E-state index in [9.17, 15) is 9.18 Å². The van der Waals surface area contributed by atoms with E-state index in [0.29, 0.717) is 19.8 Å². The van der Waals surface area contributed by atoms with Gasteiger partial charge < -0.3 is 19.1 Å². The van der Waals surface area contributed by atoms with Crippen LogP contribution in [0.1, 0.15) is 24.4 Å². The summed E-state index contributed by atoms with van der Waals surface area (Å²) in [7, 11) is 0. The smallest absolute Gasteiger partial charge is 0.261 e. The standard InChI is InChI=1S/C20H20FNO4/c21-15-4-1-2-6-17(15)26-13-20(23)22-9-3-5-16(22)14-7-8-18-19(12-14)25-11-10-24-18/h1-2,4,6-8,12,16H,3,5,9-11,13H2. The number of hydrogen-bond donors (Lipinski definition) is 0. The Morgan fingerprint density at radius 2 is 1.96 bits per heavy atom. The highest BCUT2D eigenvalue weighted by molar-refractivity contribution is 5.78. The molecule has 0 aromatic heterocycles. The molecule has 136 valence electrons. The predicted octanol–water partition coefficient (Wildman–Crippen LogP) is 3.34. The molecule has 1 unspecified atom stereocenters. The molecule has 4 rings (SSSR count). The number of fused-ring (bicyclic) bond motifs is 1. The normalized spacial score (nSPS) is 18.7. The SMILES string of the molecule is O=C(COc1ccccc1F)N1CCCC1c1ccc2c(c1)OCCO2. The van der Waals surface area contributed by atoms with Crippen LogP contribution in [0.3, 0.4) is 0 Å². The highest BCUT2D eigenvalue weighted by Gasteiger charge is 2.31. The Labute approximate surface area is 151 Å². The predicted molar refractivity (Wildman–Crippen MR) is 93.0 cm³/mol. The van der Waals surface area contributed by atoms with Crippen molar-refractivity contribution in [3.63, 3.8) is 0 Å². The van der Waals surface area contributed by atoms with Gasteiger partial charge in [0.1, 0.15) is 13.2 Å². The summed E-state index contributed by atoms with van der Waals surface area (Å²) < 4.78 is 30.2. The number of para-hydroxylation sites is 1. The lowest BCUT2D eigenvalue weighted by molar-refractivity contribution is -0.134. The van der Waals surface area contributed by atoms with Gasteiger partial charge in [0.2, 0.25) is 0 Å². The second kappa shape index (κ2) is 7.23. The maximum atomic E-state index is 13.6. The molecule has 0 bridgehead atoms. The average molecular weight is 357 g/mol. The van der Waals surface area contributed by atoms with Crippen molar-refractivity contribution in [3.05, 3.63) is 53.8 Å². The minimum Gasteiger partial charge on any atom is -0.486 e. The third kappa shape index (κ3) is 3.31. The Kier molecular flexibility index (Phi) is 4.65. The number of nitrogens with zero attached hydrogens (tertiary/aromatic N) is 1. The van der Waals surface area contributed by atoms with Crippen molar-refractivity contribution in [2.75, 3.05) is 26.4 Å². The van der Waals surface area contributed by atoms with Gasteiger partial charge in [-0.2, -0.15) is 0 Å². The van der Waals surface area contributed by atoms with E-state index in [2.05, 4.69) is 0 Å². The van der Waals surface area contributed by atoms with Crippen molar-refractivity contribution in [1.29, 1.82) is 0 Å². The quantitative estimate of drug-likeness (QED) is 0.842. The molecule has 0 saturated carbocycles. The van der Waals surface area contributed by atoms with Crippen molar-refractivity contribution >= 4 is 5.91 Å². The summed E-state index contributed by atoms with van der Waals surface area (Å²) in [6.07, 6.45) is 1.80. The third-order valence-corrected chi connectivity index (χ3v) is 4.71. The van der Waals surface area contributed by atoms with Crippen molar-refractivity contribution in [3.8, 4) is 17.2 Å². The van der Waals surface area contributed by atoms with Gasteiger partial charge in [-0.3, -0.25) is 4.79 Å². The summed E-state index contributed by atoms with van der Waals surface area (Å²) in [5.74, 6) is 0.932. The van der Waals surface area contributed by atoms with Crippen LogP contribution in [-0.4, -0.2) is 37.2 Å². The minimum absolute atomic E-state index is 0.0254. The Balaban J connectivity index is 1.46. The fourth-order valence-electron chi connectivity index (χ4n) is 3.46. The van der Waals surface area contributed by atoms with Gasteiger partial charge >= 0.3 is 0 Å². The monoisotopic (exact) mass is 357 g/mol. The topological polar surface area (TPSA) is 48.0 Å². The molecule has 1 saturated heterocycles. The Morgan fingerprint density at radius 1 is 1.15 bits per heavy atom. The van der Waals surface area contributed by atoms with Crippen molar-refractivity contribution < 1.29 is 23.4 Å². The van der Waals surface area contributed by atoms with E-state index in [1.54, 1.807) is 17.0 Å². The lowest BCUT2D eigenvalue weighted by Crippen LogP contribution is -2.34. The number of halogens is 1. The van der Waals surface area contributed by atoms with Crippen molar-refractivity contribution in [2.45, 2.75) is 18.9 Å². The summed E-state index contributed by atoms with van der Waals surface area (Å²) in [4.78, 5) is 14.4. The second-order valence-corrected chi connectivity index (χ2v) is 6.37. The number of benzene rings is 2. The molecule has 2 heterocycles. The number of carbonyl (C=O) groups excluding carboxylic acids is 1. The van der Waals surface area contributed by atoms with Gasteiger partial charge in [-0.05, 0) is 42.7 Å². The zero-order valence-corrected chi connectivity index (χ0v) is 14.3. The average Bonchev–Trinajstić information content (AvgIpc) is 3.17. The summed E-state index contributed by atoms with van der Waals surface area (Å²) in [6, 6.07) is 11.9. The van der Waals surface area contributed by atoms with Gasteiger partial charge in [-0.1, -0.05) is 18.2 Å². The second-order valence-electron chi connectivity index (χ2n) is 6.37. The van der Waals surface area contributed by atoms with E-state index in [-0.39, 0.29) is 24.3 Å². The fourth-order valence-corrected chi connectivity index (χ4v) is 3.46. The number of carbonyl (C=O) groups is 1. The Hall–Kier alpha value is -2.76. The van der Waals surface area contributed by atoms with E-state index in [0.717, 1.165) is 29.9 Å². The molecular weight excluding hydrogens is 337 g/mol. The number of amides is 1. The maximum Gasteiger partial charge on any atom is 0.261 e. The van der Waals surface area contributed by atoms with Gasteiger partial charge in [0.05, 0.1) is 6.04 Å². The van der Waals surface area contributed by atoms with Gasteiger partial charge in [-0.15, -0.1) is 0 Å². The summed E-state index contributed by atoms with van der Waals surface area (Å²) in [5, 5.41) is 0.